The number of anilines is 1. The Morgan fingerprint density at radius 3 is 2.90 bits per heavy atom. The van der Waals surface area contributed by atoms with E-state index < -0.39 is 18.8 Å². The second-order valence-corrected chi connectivity index (χ2v) is 5.30. The Balaban J connectivity index is 1.89. The number of amides is 1. The number of cyclic esters (lactones) is 1. The molecule has 0 N–H and O–H groups in total. The van der Waals surface area contributed by atoms with Crippen molar-refractivity contribution in [1.82, 2.24) is 4.98 Å². The standard InChI is InChI=1S/C14H10FN3O2S/c15-5-11-7-20-14(19)18(11)13-17-12(8-21-13)10-3-1-9(6-16)2-4-10/h1-4,8,11H,5,7H2/t11-/m1/s1. The number of nitrogens with zero attached hydrogens (tertiary/aromatic N) is 3. The van der Waals surface area contributed by atoms with Gasteiger partial charge in [-0.05, 0) is 12.1 Å². The topological polar surface area (TPSA) is 66.2 Å². The molecule has 0 radical (unpaired) electrons. The Labute approximate surface area is 124 Å². The molecule has 0 unspecified atom stereocenters. The van der Waals surface area contributed by atoms with Crippen LogP contribution in [0.1, 0.15) is 5.56 Å². The zero-order valence-electron chi connectivity index (χ0n) is 10.8. The lowest BCUT2D eigenvalue weighted by Crippen LogP contribution is -2.34. The third kappa shape index (κ3) is 2.45. The molecule has 106 valence electrons. The maximum absolute atomic E-state index is 12.9. The summed E-state index contributed by atoms with van der Waals surface area (Å²) in [5, 5.41) is 11.0. The number of alkyl halides is 1. The summed E-state index contributed by atoms with van der Waals surface area (Å²) in [5.74, 6) is 0. The number of rotatable bonds is 3. The van der Waals surface area contributed by atoms with Gasteiger partial charge in [0.1, 0.15) is 19.3 Å². The molecule has 1 aromatic carbocycles. The van der Waals surface area contributed by atoms with Crippen molar-refractivity contribution in [3.05, 3.63) is 35.2 Å². The van der Waals surface area contributed by atoms with Gasteiger partial charge in [0.15, 0.2) is 5.13 Å². The lowest BCUT2D eigenvalue weighted by atomic mass is 10.1. The van der Waals surface area contributed by atoms with Crippen molar-refractivity contribution in [3.63, 3.8) is 0 Å². The van der Waals surface area contributed by atoms with Crippen LogP contribution in [0.3, 0.4) is 0 Å². The summed E-state index contributed by atoms with van der Waals surface area (Å²) in [4.78, 5) is 17.2. The van der Waals surface area contributed by atoms with Crippen molar-refractivity contribution in [2.75, 3.05) is 18.2 Å². The van der Waals surface area contributed by atoms with Crippen LogP contribution in [-0.4, -0.2) is 30.4 Å². The number of carbonyl (C=O) groups is 1. The molecule has 0 bridgehead atoms. The summed E-state index contributed by atoms with van der Waals surface area (Å²) < 4.78 is 17.7. The van der Waals surface area contributed by atoms with E-state index in [9.17, 15) is 9.18 Å². The van der Waals surface area contributed by atoms with E-state index in [1.54, 1.807) is 29.6 Å². The summed E-state index contributed by atoms with van der Waals surface area (Å²) in [6, 6.07) is 8.40. The van der Waals surface area contributed by atoms with Crippen molar-refractivity contribution in [3.8, 4) is 17.3 Å². The van der Waals surface area contributed by atoms with E-state index in [4.69, 9.17) is 10.00 Å². The Kier molecular flexibility index (Phi) is 3.54. The molecule has 1 amide bonds. The van der Waals surface area contributed by atoms with Crippen molar-refractivity contribution in [1.29, 1.82) is 5.26 Å². The normalized spacial score (nSPS) is 17.6. The molecule has 2 aromatic rings. The number of hydrogen-bond donors (Lipinski definition) is 0. The molecule has 7 heteroatoms. The largest absolute Gasteiger partial charge is 0.447 e. The van der Waals surface area contributed by atoms with Crippen molar-refractivity contribution in [2.45, 2.75) is 6.04 Å². The maximum atomic E-state index is 12.9. The van der Waals surface area contributed by atoms with Crippen LogP contribution in [0.5, 0.6) is 0 Å². The van der Waals surface area contributed by atoms with Gasteiger partial charge in [-0.15, -0.1) is 11.3 Å². The number of aromatic nitrogens is 1. The van der Waals surface area contributed by atoms with Gasteiger partial charge in [-0.25, -0.2) is 19.1 Å². The molecule has 21 heavy (non-hydrogen) atoms. The molecule has 1 atom stereocenters. The molecular formula is C14H10FN3O2S. The van der Waals surface area contributed by atoms with Crippen LogP contribution in [0, 0.1) is 11.3 Å². The van der Waals surface area contributed by atoms with Crippen LogP contribution in [-0.2, 0) is 4.74 Å². The number of carbonyl (C=O) groups excluding carboxylic acids is 1. The highest BCUT2D eigenvalue weighted by molar-refractivity contribution is 7.14. The summed E-state index contributed by atoms with van der Waals surface area (Å²) in [7, 11) is 0. The van der Waals surface area contributed by atoms with E-state index in [-0.39, 0.29) is 6.61 Å². The second-order valence-electron chi connectivity index (χ2n) is 4.46. The van der Waals surface area contributed by atoms with E-state index in [0.29, 0.717) is 16.4 Å². The molecule has 1 fully saturated rings. The molecule has 1 saturated heterocycles. The highest BCUT2D eigenvalue weighted by Crippen LogP contribution is 2.31. The van der Waals surface area contributed by atoms with Gasteiger partial charge >= 0.3 is 6.09 Å². The van der Waals surface area contributed by atoms with E-state index in [1.165, 1.54) is 16.2 Å². The first kappa shape index (κ1) is 13.5. The minimum Gasteiger partial charge on any atom is -0.447 e. The minimum absolute atomic E-state index is 0.0428. The van der Waals surface area contributed by atoms with Crippen molar-refractivity contribution in [2.24, 2.45) is 0 Å². The van der Waals surface area contributed by atoms with Crippen LogP contribution in [0.15, 0.2) is 29.6 Å². The monoisotopic (exact) mass is 303 g/mol. The van der Waals surface area contributed by atoms with Crippen LogP contribution in [0.4, 0.5) is 14.3 Å². The van der Waals surface area contributed by atoms with Crippen molar-refractivity contribution >= 4 is 22.6 Å². The highest BCUT2D eigenvalue weighted by Gasteiger charge is 2.36. The van der Waals surface area contributed by atoms with E-state index in [2.05, 4.69) is 4.98 Å². The number of nitriles is 1. The first-order valence-electron chi connectivity index (χ1n) is 6.21. The third-order valence-electron chi connectivity index (χ3n) is 3.15. The predicted octanol–water partition coefficient (Wildman–Crippen LogP) is 2.98. The predicted molar refractivity (Wildman–Crippen MR) is 75.9 cm³/mol. The number of halogens is 1. The highest BCUT2D eigenvalue weighted by atomic mass is 32.1. The lowest BCUT2D eigenvalue weighted by Gasteiger charge is -2.14. The van der Waals surface area contributed by atoms with Gasteiger partial charge in [-0.1, -0.05) is 12.1 Å². The fourth-order valence-corrected chi connectivity index (χ4v) is 2.93. The van der Waals surface area contributed by atoms with Crippen LogP contribution < -0.4 is 4.90 Å². The quantitative estimate of drug-likeness (QED) is 0.874. The maximum Gasteiger partial charge on any atom is 0.416 e. The molecule has 1 aliphatic rings. The number of thiazole rings is 1. The van der Waals surface area contributed by atoms with Gasteiger partial charge < -0.3 is 4.74 Å². The fourth-order valence-electron chi connectivity index (χ4n) is 2.03. The Morgan fingerprint density at radius 1 is 1.48 bits per heavy atom. The van der Waals surface area contributed by atoms with Gasteiger partial charge in [0.25, 0.3) is 0 Å². The zero-order valence-corrected chi connectivity index (χ0v) is 11.6. The van der Waals surface area contributed by atoms with Gasteiger partial charge in [-0.2, -0.15) is 5.26 Å². The molecule has 1 aromatic heterocycles. The smallest absolute Gasteiger partial charge is 0.416 e. The summed E-state index contributed by atoms with van der Waals surface area (Å²) in [6.07, 6.45) is -0.571. The third-order valence-corrected chi connectivity index (χ3v) is 3.99. The first-order chi connectivity index (χ1) is 10.2. The Hall–Kier alpha value is -2.46. The Morgan fingerprint density at radius 2 is 2.24 bits per heavy atom. The molecule has 0 spiro atoms. The molecule has 0 aliphatic carbocycles. The van der Waals surface area contributed by atoms with Gasteiger partial charge in [0.2, 0.25) is 0 Å². The van der Waals surface area contributed by atoms with E-state index in [0.717, 1.165) is 5.56 Å². The van der Waals surface area contributed by atoms with Crippen LogP contribution in [0.2, 0.25) is 0 Å². The molecule has 5 nitrogen and oxygen atoms in total. The molecule has 1 aliphatic heterocycles. The van der Waals surface area contributed by atoms with Gasteiger partial charge in [0, 0.05) is 10.9 Å². The minimum atomic E-state index is -0.669. The molecule has 0 saturated carbocycles. The second kappa shape index (κ2) is 5.50. The fraction of sp³-hybridized carbons (Fsp3) is 0.214. The number of ether oxygens (including phenoxy) is 1. The van der Waals surface area contributed by atoms with Gasteiger partial charge in [0.05, 0.1) is 17.3 Å². The SMILES string of the molecule is N#Cc1ccc(-c2csc(N3C(=O)OC[C@H]3CF)n2)cc1. The molecular weight excluding hydrogens is 293 g/mol. The summed E-state index contributed by atoms with van der Waals surface area (Å²) in [6.45, 7) is -0.626. The number of benzene rings is 1. The summed E-state index contributed by atoms with van der Waals surface area (Å²) in [5.41, 5.74) is 2.08. The zero-order chi connectivity index (χ0) is 14.8. The van der Waals surface area contributed by atoms with Gasteiger partial charge in [-0.3, -0.25) is 0 Å². The molecule has 3 rings (SSSR count). The van der Waals surface area contributed by atoms with Crippen molar-refractivity contribution < 1.29 is 13.9 Å². The van der Waals surface area contributed by atoms with E-state index in [1.807, 2.05) is 6.07 Å². The average molecular weight is 303 g/mol. The average Bonchev–Trinajstić information content (AvgIpc) is 3.13. The van der Waals surface area contributed by atoms with Crippen LogP contribution in [0.25, 0.3) is 11.3 Å². The lowest BCUT2D eigenvalue weighted by molar-refractivity contribution is 0.177. The molecule has 2 heterocycles. The number of hydrogen-bond acceptors (Lipinski definition) is 5. The first-order valence-corrected chi connectivity index (χ1v) is 7.09. The summed E-state index contributed by atoms with van der Waals surface area (Å²) >= 11 is 1.26. The van der Waals surface area contributed by atoms with E-state index >= 15 is 0 Å². The van der Waals surface area contributed by atoms with Crippen LogP contribution >= 0.6 is 11.3 Å². The Bertz CT molecular complexity index is 708.